The number of piperidine rings is 3. The van der Waals surface area contributed by atoms with E-state index in [1.165, 1.54) is 31.6 Å². The molecule has 0 spiro atoms. The lowest BCUT2D eigenvalue weighted by atomic mass is 9.87. The lowest BCUT2D eigenvalue weighted by molar-refractivity contribution is 0.200. The predicted molar refractivity (Wildman–Crippen MR) is 106 cm³/mol. The van der Waals surface area contributed by atoms with Crippen molar-refractivity contribution in [3.05, 3.63) is 60.7 Å². The Hall–Kier alpha value is -1.48. The van der Waals surface area contributed by atoms with E-state index in [0.29, 0.717) is 5.92 Å². The molecule has 0 aromatic heterocycles. The molecule has 1 N–H and O–H groups in total. The van der Waals surface area contributed by atoms with E-state index in [0.717, 1.165) is 17.2 Å². The van der Waals surface area contributed by atoms with Crippen molar-refractivity contribution in [2.75, 3.05) is 19.6 Å². The molecule has 3 nitrogen and oxygen atoms in total. The maximum atomic E-state index is 6.17. The predicted octanol–water partition coefficient (Wildman–Crippen LogP) is 2.70. The minimum atomic E-state index is -2.14. The van der Waals surface area contributed by atoms with Gasteiger partial charge in [0.1, 0.15) is 6.19 Å². The molecule has 3 aliphatic heterocycles. The summed E-state index contributed by atoms with van der Waals surface area (Å²) in [6.45, 7) is 3.43. The van der Waals surface area contributed by atoms with Crippen LogP contribution in [0.1, 0.15) is 12.8 Å². The molecule has 5 heteroatoms. The Balaban J connectivity index is 1.68. The van der Waals surface area contributed by atoms with Crippen LogP contribution in [0, 0.1) is 5.92 Å². The third-order valence-corrected chi connectivity index (χ3v) is 8.96. The largest absolute Gasteiger partial charge is 0.298 e. The molecule has 0 unspecified atom stereocenters. The molecule has 3 saturated heterocycles. The average molecular weight is 355 g/mol. The second-order valence-electron chi connectivity index (χ2n) is 6.53. The van der Waals surface area contributed by atoms with Gasteiger partial charge in [0.2, 0.25) is 0 Å². The highest BCUT2D eigenvalue weighted by Crippen LogP contribution is 2.39. The summed E-state index contributed by atoms with van der Waals surface area (Å²) in [5.74, 6) is 0.637. The molecule has 0 amide bonds. The Morgan fingerprint density at radius 3 is 1.92 bits per heavy atom. The summed E-state index contributed by atoms with van der Waals surface area (Å²) in [5, 5.41) is 10.7. The quantitative estimate of drug-likeness (QED) is 0.675. The Kier molecular flexibility index (Phi) is 4.53. The molecule has 3 aliphatic rings. The van der Waals surface area contributed by atoms with E-state index in [2.05, 4.69) is 58.6 Å². The van der Waals surface area contributed by atoms with Gasteiger partial charge in [-0.15, -0.1) is 0 Å². The number of nitrogens with zero attached hydrogens (tertiary/aromatic N) is 2. The first-order valence-corrected chi connectivity index (χ1v) is 11.3. The van der Waals surface area contributed by atoms with E-state index in [4.69, 9.17) is 16.9 Å². The van der Waals surface area contributed by atoms with Gasteiger partial charge in [-0.25, -0.2) is 0 Å². The van der Waals surface area contributed by atoms with Gasteiger partial charge < -0.3 is 0 Å². The van der Waals surface area contributed by atoms with Gasteiger partial charge >= 0.3 is 0 Å². The molecule has 3 fully saturated rings. The van der Waals surface area contributed by atoms with Crippen LogP contribution in [0.4, 0.5) is 0 Å². The van der Waals surface area contributed by atoms with Gasteiger partial charge in [0.05, 0.1) is 5.71 Å². The zero-order chi connectivity index (χ0) is 16.4. The fourth-order valence-electron chi connectivity index (χ4n) is 3.58. The second kappa shape index (κ2) is 6.79. The summed E-state index contributed by atoms with van der Waals surface area (Å²) in [4.78, 5) is 2.50. The monoisotopic (exact) mass is 355 g/mol. The number of fused-ring (bicyclic) bond motifs is 3. The standard InChI is InChI=1S/C19H22N3PS/c24-23(17-7-3-1-4-8-17,18-9-5-2-6-10-18)21-20-19-15-22-13-11-16(19)12-14-22/h1-10,16H,11-15H2,(H,21,24). The maximum Gasteiger partial charge on any atom is 0.106 e. The molecule has 0 aliphatic carbocycles. The highest BCUT2D eigenvalue weighted by molar-refractivity contribution is 8.20. The van der Waals surface area contributed by atoms with E-state index in [9.17, 15) is 0 Å². The van der Waals surface area contributed by atoms with E-state index in [1.807, 2.05) is 12.1 Å². The van der Waals surface area contributed by atoms with Crippen molar-refractivity contribution >= 4 is 34.3 Å². The van der Waals surface area contributed by atoms with Crippen LogP contribution in [0.5, 0.6) is 0 Å². The van der Waals surface area contributed by atoms with Crippen molar-refractivity contribution in [2.45, 2.75) is 12.8 Å². The lowest BCUT2D eigenvalue weighted by Crippen LogP contribution is -2.48. The topological polar surface area (TPSA) is 27.6 Å². The van der Waals surface area contributed by atoms with Crippen LogP contribution in [0.25, 0.3) is 0 Å². The summed E-state index contributed by atoms with van der Waals surface area (Å²) >= 11 is 6.17. The first-order chi connectivity index (χ1) is 11.8. The Morgan fingerprint density at radius 1 is 0.917 bits per heavy atom. The fraction of sp³-hybridized carbons (Fsp3) is 0.316. The van der Waals surface area contributed by atoms with Gasteiger partial charge in [-0.1, -0.05) is 72.5 Å². The minimum absolute atomic E-state index is 0.637. The van der Waals surface area contributed by atoms with Gasteiger partial charge in [0, 0.05) is 23.1 Å². The van der Waals surface area contributed by atoms with Crippen LogP contribution >= 0.6 is 6.19 Å². The molecular weight excluding hydrogens is 333 g/mol. The van der Waals surface area contributed by atoms with Gasteiger partial charge in [-0.3, -0.25) is 10.1 Å². The lowest BCUT2D eigenvalue weighted by Gasteiger charge is -2.40. The molecule has 5 rings (SSSR count). The molecule has 2 aromatic carbocycles. The summed E-state index contributed by atoms with van der Waals surface area (Å²) in [6.07, 6.45) is 0.337. The van der Waals surface area contributed by atoms with Crippen LogP contribution in [0.2, 0.25) is 0 Å². The second-order valence-corrected chi connectivity index (χ2v) is 10.6. The number of nitrogens with one attached hydrogen (secondary N) is 1. The number of rotatable bonds is 4. The Labute approximate surface area is 148 Å². The molecule has 0 atom stereocenters. The SMILES string of the molecule is S=P(NN=C1CN2CCC1CC2)(c1ccccc1)c1ccccc1. The normalized spacial score (nSPS) is 24.9. The number of hydrogen-bond donors (Lipinski definition) is 1. The highest BCUT2D eigenvalue weighted by atomic mass is 32.4. The van der Waals surface area contributed by atoms with Crippen molar-refractivity contribution in [1.82, 2.24) is 10.1 Å². The van der Waals surface area contributed by atoms with Crippen LogP contribution in [-0.4, -0.2) is 30.2 Å². The van der Waals surface area contributed by atoms with Crippen LogP contribution < -0.4 is 15.8 Å². The van der Waals surface area contributed by atoms with E-state index in [-0.39, 0.29) is 0 Å². The van der Waals surface area contributed by atoms with Crippen LogP contribution in [0.15, 0.2) is 65.8 Å². The van der Waals surface area contributed by atoms with Crippen LogP contribution in [-0.2, 0) is 11.8 Å². The summed E-state index contributed by atoms with van der Waals surface area (Å²) < 4.78 is 0. The number of hydrazone groups is 1. The van der Waals surface area contributed by atoms with Gasteiger partial charge in [-0.2, -0.15) is 5.10 Å². The molecule has 2 aromatic rings. The zero-order valence-corrected chi connectivity index (χ0v) is 15.3. The third kappa shape index (κ3) is 3.06. The molecule has 3 heterocycles. The number of hydrogen-bond acceptors (Lipinski definition) is 3. The van der Waals surface area contributed by atoms with Crippen molar-refractivity contribution in [2.24, 2.45) is 11.0 Å². The first-order valence-electron chi connectivity index (χ1n) is 8.53. The fourth-order valence-corrected chi connectivity index (χ4v) is 6.42. The van der Waals surface area contributed by atoms with Crippen molar-refractivity contribution in [1.29, 1.82) is 0 Å². The van der Waals surface area contributed by atoms with Crippen molar-refractivity contribution in [3.63, 3.8) is 0 Å². The average Bonchev–Trinajstić information content (AvgIpc) is 2.68. The van der Waals surface area contributed by atoms with Crippen molar-refractivity contribution < 1.29 is 0 Å². The zero-order valence-electron chi connectivity index (χ0n) is 13.6. The maximum absolute atomic E-state index is 6.17. The number of benzene rings is 2. The summed E-state index contributed by atoms with van der Waals surface area (Å²) in [7, 11) is 0. The molecule has 0 radical (unpaired) electrons. The molecule has 0 saturated carbocycles. The van der Waals surface area contributed by atoms with Gasteiger partial charge in [-0.05, 0) is 25.9 Å². The molecule has 124 valence electrons. The molecular formula is C19H22N3PS. The van der Waals surface area contributed by atoms with E-state index >= 15 is 0 Å². The van der Waals surface area contributed by atoms with Gasteiger partial charge in [0.25, 0.3) is 0 Å². The smallest absolute Gasteiger partial charge is 0.106 e. The van der Waals surface area contributed by atoms with E-state index in [1.54, 1.807) is 0 Å². The first kappa shape index (κ1) is 16.0. The van der Waals surface area contributed by atoms with E-state index < -0.39 is 6.19 Å². The van der Waals surface area contributed by atoms with Crippen molar-refractivity contribution in [3.8, 4) is 0 Å². The summed E-state index contributed by atoms with van der Waals surface area (Å²) in [5.41, 5.74) is 1.29. The Morgan fingerprint density at radius 2 is 1.46 bits per heavy atom. The Bertz CT molecular complexity index is 724. The third-order valence-electron chi connectivity index (χ3n) is 5.02. The molecule has 24 heavy (non-hydrogen) atoms. The minimum Gasteiger partial charge on any atom is -0.298 e. The molecule has 2 bridgehead atoms. The van der Waals surface area contributed by atoms with Gasteiger partial charge in [0.15, 0.2) is 0 Å². The highest BCUT2D eigenvalue weighted by Gasteiger charge is 2.31. The van der Waals surface area contributed by atoms with Crippen LogP contribution in [0.3, 0.4) is 0 Å². The summed E-state index contributed by atoms with van der Waals surface area (Å²) in [6, 6.07) is 20.8.